The summed E-state index contributed by atoms with van der Waals surface area (Å²) in [6.45, 7) is 0. The van der Waals surface area contributed by atoms with E-state index in [9.17, 15) is 19.8 Å². The molecular weight excluding hydrogens is 334 g/mol. The van der Waals surface area contributed by atoms with Gasteiger partial charge >= 0.3 is 5.97 Å². The van der Waals surface area contributed by atoms with Gasteiger partial charge in [0, 0.05) is 12.0 Å². The molecule has 7 nitrogen and oxygen atoms in total. The molecule has 4 N–H and O–H groups in total. The predicted molar refractivity (Wildman–Crippen MR) is 94.7 cm³/mol. The van der Waals surface area contributed by atoms with Crippen molar-refractivity contribution in [1.29, 1.82) is 0 Å². The van der Waals surface area contributed by atoms with Crippen molar-refractivity contribution in [3.8, 4) is 17.0 Å². The zero-order valence-electron chi connectivity index (χ0n) is 13.7. The summed E-state index contributed by atoms with van der Waals surface area (Å²) in [4.78, 5) is 23.8. The number of H-pyrrole nitrogens is 1. The van der Waals surface area contributed by atoms with E-state index in [1.807, 2.05) is 18.2 Å². The van der Waals surface area contributed by atoms with Crippen LogP contribution in [0.5, 0.6) is 5.75 Å². The highest BCUT2D eigenvalue weighted by Crippen LogP contribution is 2.20. The average molecular weight is 351 g/mol. The van der Waals surface area contributed by atoms with Gasteiger partial charge in [-0.3, -0.25) is 9.89 Å². The minimum atomic E-state index is -1.11. The Kier molecular flexibility index (Phi) is 4.98. The second kappa shape index (κ2) is 7.52. The molecule has 0 saturated carbocycles. The predicted octanol–water partition coefficient (Wildman–Crippen LogP) is 2.21. The smallest absolute Gasteiger partial charge is 0.326 e. The minimum absolute atomic E-state index is 0.132. The van der Waals surface area contributed by atoms with Crippen molar-refractivity contribution in [1.82, 2.24) is 15.5 Å². The fourth-order valence-electron chi connectivity index (χ4n) is 2.50. The molecule has 1 heterocycles. The van der Waals surface area contributed by atoms with E-state index in [4.69, 9.17) is 0 Å². The summed E-state index contributed by atoms with van der Waals surface area (Å²) in [6, 6.07) is 15.9. The van der Waals surface area contributed by atoms with E-state index in [0.717, 1.165) is 11.1 Å². The maximum absolute atomic E-state index is 12.4. The number of hydrogen-bond acceptors (Lipinski definition) is 4. The van der Waals surface area contributed by atoms with Gasteiger partial charge in [-0.15, -0.1) is 0 Å². The van der Waals surface area contributed by atoms with E-state index in [1.54, 1.807) is 24.3 Å². The Hall–Kier alpha value is -3.61. The van der Waals surface area contributed by atoms with E-state index in [-0.39, 0.29) is 17.9 Å². The number of nitrogens with one attached hydrogen (secondary N) is 2. The molecule has 3 aromatic rings. The van der Waals surface area contributed by atoms with Crippen molar-refractivity contribution in [2.24, 2.45) is 0 Å². The van der Waals surface area contributed by atoms with Crippen LogP contribution < -0.4 is 5.32 Å². The Morgan fingerprint density at radius 3 is 2.42 bits per heavy atom. The number of amides is 1. The zero-order chi connectivity index (χ0) is 18.5. The first-order valence-corrected chi connectivity index (χ1v) is 7.95. The van der Waals surface area contributed by atoms with Crippen LogP contribution in [0.3, 0.4) is 0 Å². The number of aromatic amines is 1. The highest BCUT2D eigenvalue weighted by Gasteiger charge is 2.22. The maximum atomic E-state index is 12.4. The van der Waals surface area contributed by atoms with Gasteiger partial charge in [-0.1, -0.05) is 30.3 Å². The van der Waals surface area contributed by atoms with Crippen molar-refractivity contribution in [2.75, 3.05) is 0 Å². The Balaban J connectivity index is 1.72. The lowest BCUT2D eigenvalue weighted by atomic mass is 10.1. The van der Waals surface area contributed by atoms with Crippen molar-refractivity contribution in [3.63, 3.8) is 0 Å². The summed E-state index contributed by atoms with van der Waals surface area (Å²) in [5.74, 6) is -1.53. The van der Waals surface area contributed by atoms with Crippen molar-refractivity contribution >= 4 is 11.9 Å². The number of carbonyl (C=O) groups excluding carboxylic acids is 1. The molecule has 1 amide bonds. The van der Waals surface area contributed by atoms with E-state index in [1.165, 1.54) is 18.2 Å². The van der Waals surface area contributed by atoms with Gasteiger partial charge in [-0.2, -0.15) is 5.10 Å². The van der Waals surface area contributed by atoms with Gasteiger partial charge in [-0.05, 0) is 35.9 Å². The third kappa shape index (κ3) is 4.07. The molecule has 0 radical (unpaired) electrons. The first kappa shape index (κ1) is 17.2. The largest absolute Gasteiger partial charge is 0.508 e. The number of nitrogens with zero attached hydrogens (tertiary/aromatic N) is 1. The van der Waals surface area contributed by atoms with E-state index in [2.05, 4.69) is 15.5 Å². The average Bonchev–Trinajstić information content (AvgIpc) is 3.13. The van der Waals surface area contributed by atoms with Gasteiger partial charge in [0.15, 0.2) is 0 Å². The summed E-state index contributed by atoms with van der Waals surface area (Å²) < 4.78 is 0. The standard InChI is InChI=1S/C19H17N3O4/c23-14-8-6-13(7-9-14)15-11-16(22-21-15)18(24)20-17(19(25)26)10-12-4-2-1-3-5-12/h1-9,11,17,23H,10H2,(H,20,24)(H,21,22)(H,25,26)/t17-/m0/s1. The Morgan fingerprint density at radius 1 is 1.08 bits per heavy atom. The molecule has 1 atom stereocenters. The number of aromatic nitrogens is 2. The van der Waals surface area contributed by atoms with Gasteiger partial charge in [0.1, 0.15) is 17.5 Å². The van der Waals surface area contributed by atoms with Crippen LogP contribution >= 0.6 is 0 Å². The molecule has 2 aromatic carbocycles. The molecule has 0 unspecified atom stereocenters. The van der Waals surface area contributed by atoms with Gasteiger partial charge in [0.25, 0.3) is 5.91 Å². The SMILES string of the molecule is O=C(N[C@@H](Cc1ccccc1)C(=O)O)c1cc(-c2ccc(O)cc2)n[nH]1. The lowest BCUT2D eigenvalue weighted by Crippen LogP contribution is -2.42. The molecule has 7 heteroatoms. The van der Waals surface area contributed by atoms with Crippen molar-refractivity contribution < 1.29 is 19.8 Å². The fraction of sp³-hybridized carbons (Fsp3) is 0.105. The molecule has 0 spiro atoms. The first-order chi connectivity index (χ1) is 12.5. The fourth-order valence-corrected chi connectivity index (χ4v) is 2.50. The van der Waals surface area contributed by atoms with Gasteiger partial charge in [0.05, 0.1) is 5.69 Å². The first-order valence-electron chi connectivity index (χ1n) is 7.95. The van der Waals surface area contributed by atoms with Gasteiger partial charge < -0.3 is 15.5 Å². The maximum Gasteiger partial charge on any atom is 0.326 e. The number of aromatic hydroxyl groups is 1. The molecular formula is C19H17N3O4. The Labute approximate surface area is 149 Å². The molecule has 0 saturated heterocycles. The Morgan fingerprint density at radius 2 is 1.77 bits per heavy atom. The van der Waals surface area contributed by atoms with Crippen LogP contribution in [0.1, 0.15) is 16.1 Å². The summed E-state index contributed by atoms with van der Waals surface area (Å²) in [7, 11) is 0. The second-order valence-corrected chi connectivity index (χ2v) is 5.77. The summed E-state index contributed by atoms with van der Waals surface area (Å²) in [5.41, 5.74) is 2.21. The van der Waals surface area contributed by atoms with Crippen LogP contribution in [0.25, 0.3) is 11.3 Å². The number of benzene rings is 2. The summed E-state index contributed by atoms with van der Waals surface area (Å²) >= 11 is 0. The van der Waals surface area contributed by atoms with Gasteiger partial charge in [0.2, 0.25) is 0 Å². The second-order valence-electron chi connectivity index (χ2n) is 5.77. The van der Waals surface area contributed by atoms with Crippen molar-refractivity contribution in [2.45, 2.75) is 12.5 Å². The molecule has 0 aliphatic carbocycles. The number of carbonyl (C=O) groups is 2. The third-order valence-electron chi connectivity index (χ3n) is 3.87. The number of carboxylic acid groups (broad SMARTS) is 1. The third-order valence-corrected chi connectivity index (χ3v) is 3.87. The van der Waals surface area contributed by atoms with E-state index >= 15 is 0 Å². The lowest BCUT2D eigenvalue weighted by Gasteiger charge is -2.13. The lowest BCUT2D eigenvalue weighted by molar-refractivity contribution is -0.139. The highest BCUT2D eigenvalue weighted by molar-refractivity contribution is 5.95. The molecule has 0 aliphatic heterocycles. The number of hydrogen-bond donors (Lipinski definition) is 4. The van der Waals surface area contributed by atoms with Crippen LogP contribution in [-0.4, -0.2) is 38.3 Å². The number of phenols is 1. The van der Waals surface area contributed by atoms with Crippen LogP contribution in [0.4, 0.5) is 0 Å². The molecule has 1 aromatic heterocycles. The number of aliphatic carboxylic acids is 1. The molecule has 132 valence electrons. The van der Waals surface area contributed by atoms with Crippen LogP contribution in [0.2, 0.25) is 0 Å². The van der Waals surface area contributed by atoms with Crippen molar-refractivity contribution in [3.05, 3.63) is 71.9 Å². The summed E-state index contributed by atoms with van der Waals surface area (Å²) in [6.07, 6.45) is 0.181. The topological polar surface area (TPSA) is 115 Å². The van der Waals surface area contributed by atoms with Crippen LogP contribution in [0.15, 0.2) is 60.7 Å². The number of carboxylic acids is 1. The Bertz CT molecular complexity index is 904. The van der Waals surface area contributed by atoms with Crippen LogP contribution in [-0.2, 0) is 11.2 Å². The molecule has 0 aliphatic rings. The molecule has 3 rings (SSSR count). The highest BCUT2D eigenvalue weighted by atomic mass is 16.4. The number of rotatable bonds is 6. The number of phenolic OH excluding ortho intramolecular Hbond substituents is 1. The zero-order valence-corrected chi connectivity index (χ0v) is 13.7. The minimum Gasteiger partial charge on any atom is -0.508 e. The molecule has 0 fully saturated rings. The molecule has 0 bridgehead atoms. The monoisotopic (exact) mass is 351 g/mol. The molecule has 26 heavy (non-hydrogen) atoms. The van der Waals surface area contributed by atoms with Crippen LogP contribution in [0, 0.1) is 0 Å². The summed E-state index contributed by atoms with van der Waals surface area (Å²) in [5, 5.41) is 27.9. The van der Waals surface area contributed by atoms with E-state index < -0.39 is 17.9 Å². The quantitative estimate of drug-likeness (QED) is 0.543. The van der Waals surface area contributed by atoms with E-state index in [0.29, 0.717) is 5.69 Å². The van der Waals surface area contributed by atoms with Gasteiger partial charge in [-0.25, -0.2) is 4.79 Å². The normalized spacial score (nSPS) is 11.7.